The van der Waals surface area contributed by atoms with Crippen LogP contribution < -0.4 is 0 Å². The number of hydrogen-bond acceptors (Lipinski definition) is 22. The van der Waals surface area contributed by atoms with E-state index >= 15 is 0 Å². The number of amides is 1. The molecule has 20 bridgehead atoms. The maximum Gasteiger partial charge on any atom is 0.223 e. The lowest BCUT2D eigenvalue weighted by atomic mass is 9.96. The van der Waals surface area contributed by atoms with Crippen molar-refractivity contribution in [3.8, 4) is 0 Å². The van der Waals surface area contributed by atoms with E-state index in [2.05, 4.69) is 244 Å². The molecular weight excluding hydrogens is 1440 g/mol. The van der Waals surface area contributed by atoms with Crippen LogP contribution in [0.5, 0.6) is 0 Å². The monoisotopic (exact) mass is 1630 g/mol. The summed E-state index contributed by atoms with van der Waals surface area (Å²) in [5, 5.41) is 0. The van der Waals surface area contributed by atoms with Gasteiger partial charge in [0.2, 0.25) is 5.91 Å². The number of likely N-dealkylation sites (tertiary alicyclic amines) is 10. The van der Waals surface area contributed by atoms with E-state index in [9.17, 15) is 4.79 Å². The van der Waals surface area contributed by atoms with Crippen molar-refractivity contribution in [2.75, 3.05) is 332 Å². The Hall–Kier alpha value is -1.37. The van der Waals surface area contributed by atoms with Crippen molar-refractivity contribution in [2.45, 2.75) is 244 Å². The van der Waals surface area contributed by atoms with Crippen LogP contribution in [0.4, 0.5) is 0 Å². The molecule has 25 saturated heterocycles. The number of carbonyl (C=O) groups is 1. The second-order valence-electron chi connectivity index (χ2n) is 43.1. The number of carbonyl (C=O) groups excluding carboxylic acids is 1. The molecule has 25 aliphatic heterocycles. The standard InChI is InChI=1S/6C9H18N2.4C8H16N2.C7H14N2O/c2*1-10-5-8-3-4-9(7-10)11(2)6-8;2*1-10-6-5-8-3-4-9(10)7-11(8)2;2*1-10-6-5-8-3-4-9(7-10)11(8)2;2*1-9-4-7-3-8(6-9)10(2)5-7;2*1-9-4-3-7-5-8(9)6-10(7)2;1-8-4-3-7(10)9(2)6-5-8/h6*8-9H,3-7H2,1-2H3;4*7-8H,3-6H2,1-2H3;3-6H2,1-2H3. The lowest BCUT2D eigenvalue weighted by Gasteiger charge is -2.35. The quantitative estimate of drug-likeness (QED) is 0.306. The predicted molar refractivity (Wildman–Crippen MR) is 488 cm³/mol. The van der Waals surface area contributed by atoms with Gasteiger partial charge in [-0.2, -0.15) is 0 Å². The summed E-state index contributed by atoms with van der Waals surface area (Å²) in [4.78, 5) is 65.3. The highest BCUT2D eigenvalue weighted by atomic mass is 16.2. The maximum absolute atomic E-state index is 11.1. The first kappa shape index (κ1) is 95.3. The Morgan fingerprint density at radius 3 is 0.819 bits per heavy atom. The molecule has 0 saturated carbocycles. The van der Waals surface area contributed by atoms with E-state index in [1.807, 2.05) is 14.1 Å². The smallest absolute Gasteiger partial charge is 0.223 e. The zero-order chi connectivity index (χ0) is 83.2. The summed E-state index contributed by atoms with van der Waals surface area (Å²) in [5.41, 5.74) is 0. The van der Waals surface area contributed by atoms with Crippen LogP contribution in [0.1, 0.15) is 148 Å². The summed E-state index contributed by atoms with van der Waals surface area (Å²) >= 11 is 0. The molecule has 0 aromatic carbocycles. The summed E-state index contributed by atoms with van der Waals surface area (Å²) < 4.78 is 0. The molecule has 25 rings (SSSR count). The third-order valence-corrected chi connectivity index (χ3v) is 33.7. The number of nitrogens with zero attached hydrogens (tertiary/aromatic N) is 22. The minimum Gasteiger partial charge on any atom is -0.344 e. The SMILES string of the molecule is CN1CC2CC(C1)N(C)C2.CN1CC2CC(C1)N(C)C2.CN1CC2CCC(C1)N(C)C2.CN1CC2CCC(C1)N(C)C2.CN1CCC(=O)N(C)CC1.CN1CCC2CC1CN2C.CN1CCC2CC1CN2C.CN1CCC2CCC(C1)N2C.CN1CCC2CCC(C1)N2C.CN1CCC2CCC1CN2C.CN1CCC2CCC1CN2C. The molecular formula is C93H186N22O. The Balaban J connectivity index is 0.000000125. The molecule has 23 nitrogen and oxygen atoms in total. The molecule has 20 atom stereocenters. The summed E-state index contributed by atoms with van der Waals surface area (Å²) in [5.74, 6) is 4.10. The Bertz CT molecular complexity index is 2610. The molecule has 0 aromatic heterocycles. The largest absolute Gasteiger partial charge is 0.344 e. The minimum atomic E-state index is 0.268. The van der Waals surface area contributed by atoms with E-state index in [4.69, 9.17) is 0 Å². The van der Waals surface area contributed by atoms with Crippen LogP contribution in [0.3, 0.4) is 0 Å². The minimum absolute atomic E-state index is 0.268. The molecule has 0 radical (unpaired) electrons. The summed E-state index contributed by atoms with van der Waals surface area (Å²) in [6.07, 6.45) is 31.8. The molecule has 0 N–H and O–H groups in total. The molecule has 25 heterocycles. The first-order valence-electron chi connectivity index (χ1n) is 48.3. The Kier molecular flexibility index (Phi) is 37.5. The molecule has 20 unspecified atom stereocenters. The molecule has 25 aliphatic rings. The third kappa shape index (κ3) is 27.8. The van der Waals surface area contributed by atoms with Gasteiger partial charge in [-0.15, -0.1) is 0 Å². The van der Waals surface area contributed by atoms with E-state index in [0.29, 0.717) is 6.42 Å². The molecule has 23 heteroatoms. The molecule has 0 spiro atoms. The van der Waals surface area contributed by atoms with Gasteiger partial charge in [0.05, 0.1) is 0 Å². The van der Waals surface area contributed by atoms with Gasteiger partial charge in [0.25, 0.3) is 0 Å². The molecule has 674 valence electrons. The highest BCUT2D eigenvalue weighted by Crippen LogP contribution is 2.35. The lowest BCUT2D eigenvalue weighted by Crippen LogP contribution is -2.44. The summed E-state index contributed by atoms with van der Waals surface area (Å²) in [6.45, 7) is 34.1. The van der Waals surface area contributed by atoms with Gasteiger partial charge in [-0.05, 0) is 352 Å². The number of fused-ring (bicyclic) bond motifs is 28. The summed E-state index contributed by atoms with van der Waals surface area (Å²) in [6, 6.07) is 13.9. The summed E-state index contributed by atoms with van der Waals surface area (Å²) in [7, 11) is 49.1. The normalized spacial score (nSPS) is 39.9. The van der Waals surface area contributed by atoms with Crippen molar-refractivity contribution in [3.63, 3.8) is 0 Å². The maximum atomic E-state index is 11.1. The Morgan fingerprint density at radius 1 is 0.172 bits per heavy atom. The van der Waals surface area contributed by atoms with Crippen molar-refractivity contribution in [1.82, 2.24) is 108 Å². The van der Waals surface area contributed by atoms with Crippen molar-refractivity contribution in [1.29, 1.82) is 0 Å². The fourth-order valence-electron chi connectivity index (χ4n) is 25.3. The second kappa shape index (κ2) is 45.7. The predicted octanol–water partition coefficient (Wildman–Crippen LogP) is 5.50. The van der Waals surface area contributed by atoms with E-state index < -0.39 is 0 Å². The number of rotatable bonds is 0. The molecule has 1 amide bonds. The van der Waals surface area contributed by atoms with Crippen LogP contribution in [-0.2, 0) is 4.79 Å². The van der Waals surface area contributed by atoms with E-state index in [1.165, 1.54) is 298 Å². The lowest BCUT2D eigenvalue weighted by molar-refractivity contribution is -0.129. The zero-order valence-electron chi connectivity index (χ0n) is 79.6. The fourth-order valence-corrected chi connectivity index (χ4v) is 25.3. The van der Waals surface area contributed by atoms with Crippen LogP contribution in [0.15, 0.2) is 0 Å². The first-order chi connectivity index (χ1) is 55.3. The van der Waals surface area contributed by atoms with Crippen LogP contribution in [0.25, 0.3) is 0 Å². The van der Waals surface area contributed by atoms with Gasteiger partial charge in [-0.1, -0.05) is 0 Å². The van der Waals surface area contributed by atoms with Crippen molar-refractivity contribution in [2.24, 2.45) is 23.7 Å². The van der Waals surface area contributed by atoms with Gasteiger partial charge >= 0.3 is 0 Å². The van der Waals surface area contributed by atoms with Crippen molar-refractivity contribution < 1.29 is 4.79 Å². The number of likely N-dealkylation sites (N-methyl/N-ethyl adjacent to an activating group) is 22. The van der Waals surface area contributed by atoms with Crippen molar-refractivity contribution in [3.05, 3.63) is 0 Å². The first-order valence-corrected chi connectivity index (χ1v) is 48.3. The van der Waals surface area contributed by atoms with E-state index in [0.717, 1.165) is 140 Å². The van der Waals surface area contributed by atoms with Crippen LogP contribution in [0.2, 0.25) is 0 Å². The molecule has 25 fully saturated rings. The highest BCUT2D eigenvalue weighted by molar-refractivity contribution is 5.76. The van der Waals surface area contributed by atoms with Crippen LogP contribution >= 0.6 is 0 Å². The molecule has 0 aliphatic carbocycles. The molecule has 116 heavy (non-hydrogen) atoms. The highest BCUT2D eigenvalue weighted by Gasteiger charge is 2.42. The topological polar surface area (TPSA) is 88.3 Å². The van der Waals surface area contributed by atoms with E-state index in [-0.39, 0.29) is 5.91 Å². The van der Waals surface area contributed by atoms with E-state index in [1.54, 1.807) is 4.90 Å². The average Bonchev–Trinajstić information content (AvgIpc) is 1.67. The van der Waals surface area contributed by atoms with Crippen LogP contribution in [-0.4, -0.2) is 542 Å². The fraction of sp³-hybridized carbons (Fsp3) is 0.989. The van der Waals surface area contributed by atoms with Gasteiger partial charge in [0.15, 0.2) is 0 Å². The number of piperidine rings is 8. The van der Waals surface area contributed by atoms with Gasteiger partial charge in [0, 0.05) is 248 Å². The average molecular weight is 1630 g/mol. The Morgan fingerprint density at radius 2 is 0.440 bits per heavy atom. The van der Waals surface area contributed by atoms with Gasteiger partial charge in [0.1, 0.15) is 0 Å². The molecule has 0 aromatic rings. The zero-order valence-corrected chi connectivity index (χ0v) is 79.6. The second-order valence-corrected chi connectivity index (χ2v) is 43.1. The van der Waals surface area contributed by atoms with Crippen molar-refractivity contribution >= 4 is 5.91 Å². The van der Waals surface area contributed by atoms with Crippen LogP contribution in [0, 0.1) is 23.7 Å². The Labute approximate surface area is 714 Å². The van der Waals surface area contributed by atoms with Gasteiger partial charge < -0.3 is 98.0 Å². The van der Waals surface area contributed by atoms with Gasteiger partial charge in [-0.25, -0.2) is 0 Å². The number of hydrogen-bond donors (Lipinski definition) is 0. The third-order valence-electron chi connectivity index (χ3n) is 33.7. The van der Waals surface area contributed by atoms with Gasteiger partial charge in [-0.3, -0.25) is 14.6 Å².